The molecule has 0 radical (unpaired) electrons. The van der Waals surface area contributed by atoms with Crippen molar-refractivity contribution in [1.29, 1.82) is 0 Å². The molecule has 4 nitrogen and oxygen atoms in total. The largest absolute Gasteiger partial charge is 0.444 e. The second-order valence-electron chi connectivity index (χ2n) is 6.57. The number of likely N-dealkylation sites (tertiary alicyclic amines) is 2. The quantitative estimate of drug-likeness (QED) is 0.647. The third-order valence-electron chi connectivity index (χ3n) is 3.42. The highest BCUT2D eigenvalue weighted by molar-refractivity contribution is 5.68. The van der Waals surface area contributed by atoms with Gasteiger partial charge in [-0.1, -0.05) is 0 Å². The van der Waals surface area contributed by atoms with E-state index in [0.717, 1.165) is 26.2 Å². The zero-order chi connectivity index (χ0) is 12.6. The smallest absolute Gasteiger partial charge is 0.410 e. The lowest BCUT2D eigenvalue weighted by atomic mass is 9.85. The molecule has 0 unspecified atom stereocenters. The molecule has 2 heterocycles. The first-order chi connectivity index (χ1) is 7.83. The molecule has 0 aromatic heterocycles. The Bertz CT molecular complexity index is 280. The molecule has 98 valence electrons. The predicted molar refractivity (Wildman–Crippen MR) is 66.9 cm³/mol. The van der Waals surface area contributed by atoms with E-state index in [0.29, 0.717) is 11.8 Å². The Kier molecular flexibility index (Phi) is 3.34. The van der Waals surface area contributed by atoms with Gasteiger partial charge >= 0.3 is 6.09 Å². The molecule has 0 spiro atoms. The molecule has 2 saturated heterocycles. The summed E-state index contributed by atoms with van der Waals surface area (Å²) in [5, 5.41) is 0. The van der Waals surface area contributed by atoms with Crippen molar-refractivity contribution in [3.05, 3.63) is 0 Å². The molecule has 2 rings (SSSR count). The Balaban J connectivity index is 1.94. The average Bonchev–Trinajstić information content (AvgIpc) is 2.12. The Morgan fingerprint density at radius 3 is 2.12 bits per heavy atom. The van der Waals surface area contributed by atoms with Gasteiger partial charge in [-0.25, -0.2) is 4.79 Å². The molecule has 2 aliphatic heterocycles. The molecule has 0 aliphatic carbocycles. The number of piperidine rings is 2. The van der Waals surface area contributed by atoms with Crippen LogP contribution in [0.3, 0.4) is 0 Å². The first kappa shape index (κ1) is 12.7. The van der Waals surface area contributed by atoms with Gasteiger partial charge in [0.15, 0.2) is 0 Å². The number of ether oxygens (including phenoxy) is 1. The summed E-state index contributed by atoms with van der Waals surface area (Å²) in [6, 6.07) is 0. The molecule has 17 heavy (non-hydrogen) atoms. The van der Waals surface area contributed by atoms with E-state index in [2.05, 4.69) is 11.9 Å². The molecule has 2 bridgehead atoms. The van der Waals surface area contributed by atoms with Gasteiger partial charge in [-0.05, 0) is 46.1 Å². The van der Waals surface area contributed by atoms with Crippen LogP contribution >= 0.6 is 0 Å². The number of carbonyl (C=O) groups excluding carboxylic acids is 1. The summed E-state index contributed by atoms with van der Waals surface area (Å²) in [6.45, 7) is 9.69. The van der Waals surface area contributed by atoms with Crippen LogP contribution in [-0.4, -0.2) is 54.7 Å². The van der Waals surface area contributed by atoms with E-state index in [1.165, 1.54) is 6.42 Å². The van der Waals surface area contributed by atoms with Gasteiger partial charge in [-0.3, -0.25) is 0 Å². The number of hydrogen-bond donors (Lipinski definition) is 0. The zero-order valence-corrected chi connectivity index (χ0v) is 11.4. The third-order valence-corrected chi connectivity index (χ3v) is 3.42. The number of fused-ring (bicyclic) bond motifs is 2. The minimum Gasteiger partial charge on any atom is -0.444 e. The highest BCUT2D eigenvalue weighted by Crippen LogP contribution is 2.28. The van der Waals surface area contributed by atoms with Gasteiger partial charge in [0, 0.05) is 26.2 Å². The Morgan fingerprint density at radius 2 is 1.65 bits per heavy atom. The zero-order valence-electron chi connectivity index (χ0n) is 11.4. The molecule has 2 fully saturated rings. The monoisotopic (exact) mass is 240 g/mol. The van der Waals surface area contributed by atoms with Crippen molar-refractivity contribution >= 4 is 6.09 Å². The van der Waals surface area contributed by atoms with Gasteiger partial charge in [0.1, 0.15) is 5.60 Å². The van der Waals surface area contributed by atoms with E-state index in [9.17, 15) is 4.79 Å². The van der Waals surface area contributed by atoms with Gasteiger partial charge < -0.3 is 14.5 Å². The lowest BCUT2D eigenvalue weighted by molar-refractivity contribution is -0.00598. The summed E-state index contributed by atoms with van der Waals surface area (Å²) >= 11 is 0. The fourth-order valence-corrected chi connectivity index (χ4v) is 3.01. The van der Waals surface area contributed by atoms with Gasteiger partial charge in [0.05, 0.1) is 0 Å². The lowest BCUT2D eigenvalue weighted by Gasteiger charge is -2.44. The normalized spacial score (nSPS) is 30.2. The predicted octanol–water partition coefficient (Wildman–Crippen LogP) is 1.80. The van der Waals surface area contributed by atoms with Crippen LogP contribution in [0.5, 0.6) is 0 Å². The summed E-state index contributed by atoms with van der Waals surface area (Å²) in [4.78, 5) is 16.3. The van der Waals surface area contributed by atoms with Gasteiger partial charge in [-0.2, -0.15) is 0 Å². The Morgan fingerprint density at radius 1 is 1.12 bits per heavy atom. The van der Waals surface area contributed by atoms with Gasteiger partial charge in [0.25, 0.3) is 0 Å². The third kappa shape index (κ3) is 3.35. The number of rotatable bonds is 0. The first-order valence-electron chi connectivity index (χ1n) is 6.50. The molecular weight excluding hydrogens is 216 g/mol. The molecule has 0 aromatic carbocycles. The first-order valence-corrected chi connectivity index (χ1v) is 6.50. The number of hydrogen-bond acceptors (Lipinski definition) is 3. The van der Waals surface area contributed by atoms with Crippen molar-refractivity contribution in [1.82, 2.24) is 9.80 Å². The highest BCUT2D eigenvalue weighted by atomic mass is 16.6. The van der Waals surface area contributed by atoms with Crippen LogP contribution in [0, 0.1) is 11.8 Å². The minimum atomic E-state index is -0.388. The van der Waals surface area contributed by atoms with Crippen molar-refractivity contribution in [3.8, 4) is 0 Å². The fraction of sp³-hybridized carbons (Fsp3) is 0.923. The fourth-order valence-electron chi connectivity index (χ4n) is 3.01. The number of carbonyl (C=O) groups is 1. The maximum atomic E-state index is 12.0. The second-order valence-corrected chi connectivity index (χ2v) is 6.57. The van der Waals surface area contributed by atoms with Crippen molar-refractivity contribution < 1.29 is 9.53 Å². The van der Waals surface area contributed by atoms with E-state index in [1.54, 1.807) is 0 Å². The topological polar surface area (TPSA) is 32.8 Å². The SMILES string of the molecule is CN1C[C@H]2C[C@@H](C1)CN(C(=O)OC(C)(C)C)C2. The molecular formula is C13H24N2O2. The van der Waals surface area contributed by atoms with Crippen molar-refractivity contribution in [2.75, 3.05) is 33.2 Å². The highest BCUT2D eigenvalue weighted by Gasteiger charge is 2.36. The molecule has 0 saturated carbocycles. The van der Waals surface area contributed by atoms with Gasteiger partial charge in [-0.15, -0.1) is 0 Å². The van der Waals surface area contributed by atoms with Crippen LogP contribution in [0.1, 0.15) is 27.2 Å². The number of amides is 1. The van der Waals surface area contributed by atoms with E-state index >= 15 is 0 Å². The molecule has 2 atom stereocenters. The molecule has 4 heteroatoms. The van der Waals surface area contributed by atoms with E-state index in [1.807, 2.05) is 25.7 Å². The summed E-state index contributed by atoms with van der Waals surface area (Å²) in [7, 11) is 2.17. The molecule has 1 amide bonds. The average molecular weight is 240 g/mol. The Hall–Kier alpha value is -0.770. The summed E-state index contributed by atoms with van der Waals surface area (Å²) in [5.41, 5.74) is -0.388. The van der Waals surface area contributed by atoms with Crippen molar-refractivity contribution in [2.24, 2.45) is 11.8 Å². The lowest BCUT2D eigenvalue weighted by Crippen LogP contribution is -2.53. The second kappa shape index (κ2) is 4.48. The van der Waals surface area contributed by atoms with Crippen LogP contribution in [0.2, 0.25) is 0 Å². The summed E-state index contributed by atoms with van der Waals surface area (Å²) in [6.07, 6.45) is 1.13. The van der Waals surface area contributed by atoms with Gasteiger partial charge in [0.2, 0.25) is 0 Å². The summed E-state index contributed by atoms with van der Waals surface area (Å²) in [5.74, 6) is 1.25. The van der Waals surface area contributed by atoms with Crippen LogP contribution in [0.25, 0.3) is 0 Å². The number of nitrogens with zero attached hydrogens (tertiary/aromatic N) is 2. The van der Waals surface area contributed by atoms with E-state index in [4.69, 9.17) is 4.74 Å². The maximum Gasteiger partial charge on any atom is 0.410 e. The maximum absolute atomic E-state index is 12.0. The molecule has 2 aliphatic rings. The van der Waals surface area contributed by atoms with Crippen molar-refractivity contribution in [3.63, 3.8) is 0 Å². The van der Waals surface area contributed by atoms with Crippen LogP contribution < -0.4 is 0 Å². The summed E-state index contributed by atoms with van der Waals surface area (Å²) < 4.78 is 5.44. The van der Waals surface area contributed by atoms with E-state index < -0.39 is 0 Å². The van der Waals surface area contributed by atoms with Crippen LogP contribution in [-0.2, 0) is 4.74 Å². The van der Waals surface area contributed by atoms with E-state index in [-0.39, 0.29) is 11.7 Å². The molecule has 0 aromatic rings. The minimum absolute atomic E-state index is 0.142. The van der Waals surface area contributed by atoms with Crippen LogP contribution in [0.15, 0.2) is 0 Å². The van der Waals surface area contributed by atoms with Crippen molar-refractivity contribution in [2.45, 2.75) is 32.8 Å². The molecule has 0 N–H and O–H groups in total. The standard InChI is InChI=1S/C13H24N2O2/c1-13(2,3)17-12(16)15-8-10-5-11(9-15)7-14(4)6-10/h10-11H,5-9H2,1-4H3/t10-,11+. The van der Waals surface area contributed by atoms with Crippen LogP contribution in [0.4, 0.5) is 4.79 Å². The Labute approximate surface area is 104 Å².